The Morgan fingerprint density at radius 1 is 1.25 bits per heavy atom. The molecule has 1 aliphatic heterocycles. The van der Waals surface area contributed by atoms with Gasteiger partial charge in [-0.1, -0.05) is 25.7 Å². The fourth-order valence-electron chi connectivity index (χ4n) is 1.30. The molecule has 1 saturated heterocycles. The molecule has 0 radical (unpaired) electrons. The van der Waals surface area contributed by atoms with Crippen LogP contribution in [-0.4, -0.2) is 34.0 Å². The van der Waals surface area contributed by atoms with Crippen molar-refractivity contribution in [2.24, 2.45) is 0 Å². The summed E-state index contributed by atoms with van der Waals surface area (Å²) in [4.78, 5) is 0. The Morgan fingerprint density at radius 2 is 2.00 bits per heavy atom. The summed E-state index contributed by atoms with van der Waals surface area (Å²) < 4.78 is 10.9. The maximum atomic E-state index is 5.57. The lowest BCUT2D eigenvalue weighted by Gasteiger charge is -2.25. The normalized spacial score (nSPS) is 25.8. The summed E-state index contributed by atoms with van der Waals surface area (Å²) >= 11 is 0. The lowest BCUT2D eigenvalue weighted by Crippen LogP contribution is -2.31. The molecule has 72 valence electrons. The maximum Gasteiger partial charge on any atom is 0.0807 e. The molecule has 2 nitrogen and oxygen atoms in total. The van der Waals surface area contributed by atoms with Crippen molar-refractivity contribution in [3.05, 3.63) is 0 Å². The van der Waals surface area contributed by atoms with Crippen LogP contribution in [-0.2, 0) is 9.47 Å². The van der Waals surface area contributed by atoms with Crippen LogP contribution in [0.25, 0.3) is 0 Å². The summed E-state index contributed by atoms with van der Waals surface area (Å²) in [6, 6.07) is 1.35. The average molecular weight is 188 g/mol. The predicted molar refractivity (Wildman–Crippen MR) is 53.3 cm³/mol. The Morgan fingerprint density at radius 3 is 2.50 bits per heavy atom. The predicted octanol–water partition coefficient (Wildman–Crippen LogP) is 2.13. The van der Waals surface area contributed by atoms with Crippen molar-refractivity contribution in [2.45, 2.75) is 38.2 Å². The molecule has 0 aliphatic carbocycles. The first-order chi connectivity index (χ1) is 5.58. The molecule has 0 N–H and O–H groups in total. The highest BCUT2D eigenvalue weighted by molar-refractivity contribution is 6.76. The number of rotatable bonds is 3. The lowest BCUT2D eigenvalue weighted by molar-refractivity contribution is -0.0888. The van der Waals surface area contributed by atoms with E-state index in [1.807, 2.05) is 0 Å². The average Bonchev–Trinajstić information content (AvgIpc) is 2.02. The molecule has 0 spiro atoms. The molecule has 0 aromatic carbocycles. The smallest absolute Gasteiger partial charge is 0.0807 e. The fourth-order valence-corrected chi connectivity index (χ4v) is 2.49. The monoisotopic (exact) mass is 188 g/mol. The van der Waals surface area contributed by atoms with Gasteiger partial charge in [0.1, 0.15) is 0 Å². The highest BCUT2D eigenvalue weighted by atomic mass is 28.3. The molecule has 0 aromatic heterocycles. The summed E-state index contributed by atoms with van der Waals surface area (Å²) in [5.74, 6) is 0. The van der Waals surface area contributed by atoms with Gasteiger partial charge < -0.3 is 9.47 Å². The van der Waals surface area contributed by atoms with Gasteiger partial charge in [-0.3, -0.25) is 0 Å². The lowest BCUT2D eigenvalue weighted by atomic mass is 10.3. The van der Waals surface area contributed by atoms with Gasteiger partial charge in [0.2, 0.25) is 0 Å². The molecule has 1 atom stereocenters. The van der Waals surface area contributed by atoms with Crippen LogP contribution >= 0.6 is 0 Å². The number of ether oxygens (including phenoxy) is 2. The third-order valence-electron chi connectivity index (χ3n) is 2.10. The quantitative estimate of drug-likeness (QED) is 0.632. The van der Waals surface area contributed by atoms with Crippen LogP contribution in [0.5, 0.6) is 0 Å². The van der Waals surface area contributed by atoms with Crippen LogP contribution in [0.2, 0.25) is 25.7 Å². The standard InChI is InChI=1S/C9H20O2Si/c1-12(2,3)7-4-9-8-10-5-6-11-9/h9H,4-8H2,1-3H3. The van der Waals surface area contributed by atoms with Crippen LogP contribution in [0.3, 0.4) is 0 Å². The molecular formula is C9H20O2Si. The van der Waals surface area contributed by atoms with E-state index < -0.39 is 8.07 Å². The highest BCUT2D eigenvalue weighted by Crippen LogP contribution is 2.16. The van der Waals surface area contributed by atoms with Gasteiger partial charge in [0.15, 0.2) is 0 Å². The van der Waals surface area contributed by atoms with Gasteiger partial charge in [-0.05, 0) is 6.42 Å². The second-order valence-electron chi connectivity index (χ2n) is 4.67. The Kier molecular flexibility index (Phi) is 3.74. The first-order valence-electron chi connectivity index (χ1n) is 4.77. The van der Waals surface area contributed by atoms with Crippen molar-refractivity contribution in [3.8, 4) is 0 Å². The molecule has 0 aromatic rings. The highest BCUT2D eigenvalue weighted by Gasteiger charge is 2.19. The van der Waals surface area contributed by atoms with Gasteiger partial charge in [-0.25, -0.2) is 0 Å². The molecule has 12 heavy (non-hydrogen) atoms. The molecule has 1 rings (SSSR count). The summed E-state index contributed by atoms with van der Waals surface area (Å²) in [5.41, 5.74) is 0. The van der Waals surface area contributed by atoms with Crippen molar-refractivity contribution in [1.29, 1.82) is 0 Å². The molecule has 0 saturated carbocycles. The number of hydrogen-bond acceptors (Lipinski definition) is 2. The van der Waals surface area contributed by atoms with Gasteiger partial charge in [0.25, 0.3) is 0 Å². The minimum atomic E-state index is -0.877. The topological polar surface area (TPSA) is 18.5 Å². The summed E-state index contributed by atoms with van der Waals surface area (Å²) in [5, 5.41) is 0. The van der Waals surface area contributed by atoms with Gasteiger partial charge in [-0.2, -0.15) is 0 Å². The summed E-state index contributed by atoms with van der Waals surface area (Å²) in [7, 11) is -0.877. The van der Waals surface area contributed by atoms with Crippen LogP contribution < -0.4 is 0 Å². The van der Waals surface area contributed by atoms with E-state index >= 15 is 0 Å². The second kappa shape index (κ2) is 4.39. The van der Waals surface area contributed by atoms with E-state index in [0.717, 1.165) is 19.8 Å². The SMILES string of the molecule is C[Si](C)(C)CCC1COCCO1. The van der Waals surface area contributed by atoms with E-state index in [2.05, 4.69) is 19.6 Å². The third kappa shape index (κ3) is 4.23. The van der Waals surface area contributed by atoms with Gasteiger partial charge >= 0.3 is 0 Å². The van der Waals surface area contributed by atoms with Crippen LogP contribution in [0.1, 0.15) is 6.42 Å². The molecule has 1 fully saturated rings. The maximum absolute atomic E-state index is 5.57. The van der Waals surface area contributed by atoms with Crippen molar-refractivity contribution in [2.75, 3.05) is 19.8 Å². The van der Waals surface area contributed by atoms with E-state index in [4.69, 9.17) is 9.47 Å². The minimum absolute atomic E-state index is 0.380. The molecule has 1 heterocycles. The van der Waals surface area contributed by atoms with Crippen molar-refractivity contribution < 1.29 is 9.47 Å². The van der Waals surface area contributed by atoms with Gasteiger partial charge in [0, 0.05) is 8.07 Å². The number of hydrogen-bond donors (Lipinski definition) is 0. The fraction of sp³-hybridized carbons (Fsp3) is 1.00. The van der Waals surface area contributed by atoms with E-state index in [-0.39, 0.29) is 0 Å². The largest absolute Gasteiger partial charge is 0.376 e. The van der Waals surface area contributed by atoms with E-state index in [1.54, 1.807) is 0 Å². The summed E-state index contributed by atoms with van der Waals surface area (Å²) in [6.45, 7) is 9.58. The van der Waals surface area contributed by atoms with Gasteiger partial charge in [-0.15, -0.1) is 0 Å². The van der Waals surface area contributed by atoms with E-state index in [1.165, 1.54) is 12.5 Å². The summed E-state index contributed by atoms with van der Waals surface area (Å²) in [6.07, 6.45) is 1.57. The zero-order valence-corrected chi connectivity index (χ0v) is 9.43. The Hall–Kier alpha value is 0.137. The molecule has 1 unspecified atom stereocenters. The molecule has 3 heteroatoms. The van der Waals surface area contributed by atoms with E-state index in [0.29, 0.717) is 6.10 Å². The molecule has 0 bridgehead atoms. The van der Waals surface area contributed by atoms with Crippen molar-refractivity contribution in [3.63, 3.8) is 0 Å². The Bertz CT molecular complexity index is 125. The molecular weight excluding hydrogens is 168 g/mol. The van der Waals surface area contributed by atoms with Gasteiger partial charge in [0.05, 0.1) is 25.9 Å². The third-order valence-corrected chi connectivity index (χ3v) is 3.89. The molecule has 0 amide bonds. The van der Waals surface area contributed by atoms with Crippen molar-refractivity contribution >= 4 is 8.07 Å². The van der Waals surface area contributed by atoms with Crippen LogP contribution in [0.15, 0.2) is 0 Å². The first-order valence-corrected chi connectivity index (χ1v) is 8.48. The minimum Gasteiger partial charge on any atom is -0.376 e. The van der Waals surface area contributed by atoms with Crippen molar-refractivity contribution in [1.82, 2.24) is 0 Å². The molecule has 1 aliphatic rings. The first kappa shape index (κ1) is 10.2. The Balaban J connectivity index is 2.13. The zero-order valence-electron chi connectivity index (χ0n) is 8.43. The Labute approximate surface area is 76.3 Å². The van der Waals surface area contributed by atoms with Crippen LogP contribution in [0.4, 0.5) is 0 Å². The second-order valence-corrected chi connectivity index (χ2v) is 10.3. The zero-order chi connectivity index (χ0) is 9.03. The van der Waals surface area contributed by atoms with E-state index in [9.17, 15) is 0 Å². The van der Waals surface area contributed by atoms with Crippen LogP contribution in [0, 0.1) is 0 Å².